The Kier molecular flexibility index (Phi) is 4.60. The molecule has 0 saturated carbocycles. The first-order valence-corrected chi connectivity index (χ1v) is 8.32. The smallest absolute Gasteiger partial charge is 0.215 e. The van der Waals surface area contributed by atoms with Crippen molar-refractivity contribution in [1.29, 1.82) is 0 Å². The van der Waals surface area contributed by atoms with E-state index in [2.05, 4.69) is 16.7 Å². The van der Waals surface area contributed by atoms with E-state index in [0.29, 0.717) is 12.5 Å². The predicted molar refractivity (Wildman–Crippen MR) is 77.4 cm³/mol. The molecule has 1 saturated heterocycles. The molecule has 0 aromatic heterocycles. The highest BCUT2D eigenvalue weighted by atomic mass is 32.2. The highest BCUT2D eigenvalue weighted by molar-refractivity contribution is 7.88. The fourth-order valence-corrected chi connectivity index (χ4v) is 3.79. The standard InChI is InChI=1S/C14H22N2O2S/c1-12-5-3-4-6-14(12)11-19(17,18)15-9-13-7-8-16(2)10-13/h3-6,13,15H,7-11H2,1-2H3. The molecule has 0 amide bonds. The fraction of sp³-hybridized carbons (Fsp3) is 0.571. The Bertz CT molecular complexity index is 528. The molecule has 0 bridgehead atoms. The van der Waals surface area contributed by atoms with Crippen LogP contribution in [0.1, 0.15) is 17.5 Å². The summed E-state index contributed by atoms with van der Waals surface area (Å²) in [5.41, 5.74) is 1.90. The van der Waals surface area contributed by atoms with Gasteiger partial charge in [0, 0.05) is 13.1 Å². The van der Waals surface area contributed by atoms with Crippen molar-refractivity contribution in [2.45, 2.75) is 19.1 Å². The lowest BCUT2D eigenvalue weighted by Gasteiger charge is -2.13. The van der Waals surface area contributed by atoms with Crippen molar-refractivity contribution in [1.82, 2.24) is 9.62 Å². The molecule has 19 heavy (non-hydrogen) atoms. The van der Waals surface area contributed by atoms with Crippen molar-refractivity contribution in [2.24, 2.45) is 5.92 Å². The van der Waals surface area contributed by atoms with Crippen LogP contribution >= 0.6 is 0 Å². The lowest BCUT2D eigenvalue weighted by molar-refractivity contribution is 0.394. The Hall–Kier alpha value is -0.910. The lowest BCUT2D eigenvalue weighted by Crippen LogP contribution is -2.31. The molecule has 5 heteroatoms. The van der Waals surface area contributed by atoms with E-state index in [1.165, 1.54) is 0 Å². The summed E-state index contributed by atoms with van der Waals surface area (Å²) in [6.07, 6.45) is 1.07. The van der Waals surface area contributed by atoms with Crippen LogP contribution in [0.4, 0.5) is 0 Å². The molecule has 1 atom stereocenters. The Morgan fingerprint density at radius 3 is 2.74 bits per heavy atom. The third-order valence-corrected chi connectivity index (χ3v) is 4.99. The monoisotopic (exact) mass is 282 g/mol. The Labute approximate surface area is 115 Å². The minimum atomic E-state index is -3.23. The molecule has 1 aliphatic heterocycles. The van der Waals surface area contributed by atoms with Crippen LogP contribution in [0.3, 0.4) is 0 Å². The van der Waals surface area contributed by atoms with Crippen molar-refractivity contribution >= 4 is 10.0 Å². The number of sulfonamides is 1. The van der Waals surface area contributed by atoms with Gasteiger partial charge in [0.25, 0.3) is 0 Å². The average Bonchev–Trinajstić information content (AvgIpc) is 2.76. The van der Waals surface area contributed by atoms with Crippen molar-refractivity contribution in [2.75, 3.05) is 26.7 Å². The molecule has 1 N–H and O–H groups in total. The zero-order valence-corrected chi connectivity index (χ0v) is 12.4. The van der Waals surface area contributed by atoms with Gasteiger partial charge in [0.2, 0.25) is 10.0 Å². The van der Waals surface area contributed by atoms with Crippen LogP contribution < -0.4 is 4.72 Å². The summed E-state index contributed by atoms with van der Waals surface area (Å²) in [7, 11) is -1.16. The molecular formula is C14H22N2O2S. The summed E-state index contributed by atoms with van der Waals surface area (Å²) in [6.45, 7) is 4.53. The molecule has 1 aromatic rings. The van der Waals surface area contributed by atoms with Gasteiger partial charge < -0.3 is 4.90 Å². The van der Waals surface area contributed by atoms with Gasteiger partial charge >= 0.3 is 0 Å². The van der Waals surface area contributed by atoms with E-state index in [0.717, 1.165) is 30.6 Å². The van der Waals surface area contributed by atoms with Crippen molar-refractivity contribution < 1.29 is 8.42 Å². The molecule has 0 spiro atoms. The van der Waals surface area contributed by atoms with E-state index in [9.17, 15) is 8.42 Å². The van der Waals surface area contributed by atoms with Gasteiger partial charge in [0.1, 0.15) is 0 Å². The second-order valence-electron chi connectivity index (χ2n) is 5.45. The van der Waals surface area contributed by atoms with Crippen LogP contribution in [-0.2, 0) is 15.8 Å². The summed E-state index contributed by atoms with van der Waals surface area (Å²) in [5, 5.41) is 0. The Balaban J connectivity index is 1.90. The first kappa shape index (κ1) is 14.5. The van der Waals surface area contributed by atoms with Crippen LogP contribution in [-0.4, -0.2) is 40.0 Å². The van der Waals surface area contributed by atoms with Gasteiger partial charge in [-0.05, 0) is 44.0 Å². The molecule has 1 heterocycles. The molecule has 106 valence electrons. The summed E-state index contributed by atoms with van der Waals surface area (Å²) >= 11 is 0. The van der Waals surface area contributed by atoms with Gasteiger partial charge in [-0.3, -0.25) is 0 Å². The molecular weight excluding hydrogens is 260 g/mol. The van der Waals surface area contributed by atoms with Gasteiger partial charge in [-0.15, -0.1) is 0 Å². The molecule has 4 nitrogen and oxygen atoms in total. The van der Waals surface area contributed by atoms with E-state index >= 15 is 0 Å². The Morgan fingerprint density at radius 1 is 1.37 bits per heavy atom. The van der Waals surface area contributed by atoms with Gasteiger partial charge in [-0.1, -0.05) is 24.3 Å². The van der Waals surface area contributed by atoms with Crippen LogP contribution in [0.2, 0.25) is 0 Å². The minimum absolute atomic E-state index is 0.0717. The number of likely N-dealkylation sites (tertiary alicyclic amines) is 1. The maximum atomic E-state index is 12.1. The van der Waals surface area contributed by atoms with Gasteiger partial charge in [-0.25, -0.2) is 13.1 Å². The van der Waals surface area contributed by atoms with Crippen LogP contribution in [0.25, 0.3) is 0 Å². The summed E-state index contributed by atoms with van der Waals surface area (Å²) in [5.74, 6) is 0.513. The molecule has 1 unspecified atom stereocenters. The maximum Gasteiger partial charge on any atom is 0.215 e. The van der Waals surface area contributed by atoms with E-state index in [1.54, 1.807) is 0 Å². The van der Waals surface area contributed by atoms with Crippen LogP contribution in [0.15, 0.2) is 24.3 Å². The number of aryl methyl sites for hydroxylation is 1. The lowest BCUT2D eigenvalue weighted by atomic mass is 10.1. The normalized spacial score (nSPS) is 20.8. The number of hydrogen-bond acceptors (Lipinski definition) is 3. The molecule has 1 aliphatic rings. The highest BCUT2D eigenvalue weighted by Gasteiger charge is 2.21. The number of rotatable bonds is 5. The van der Waals surface area contributed by atoms with Crippen LogP contribution in [0.5, 0.6) is 0 Å². The molecule has 0 aliphatic carbocycles. The van der Waals surface area contributed by atoms with Crippen molar-refractivity contribution in [3.63, 3.8) is 0 Å². The zero-order chi connectivity index (χ0) is 13.9. The van der Waals surface area contributed by atoms with E-state index < -0.39 is 10.0 Å². The summed E-state index contributed by atoms with van der Waals surface area (Å²) < 4.78 is 26.9. The second-order valence-corrected chi connectivity index (χ2v) is 7.26. The van der Waals surface area contributed by atoms with Gasteiger partial charge in [0.05, 0.1) is 5.75 Å². The van der Waals surface area contributed by atoms with Crippen molar-refractivity contribution in [3.05, 3.63) is 35.4 Å². The quantitative estimate of drug-likeness (QED) is 0.887. The number of nitrogens with one attached hydrogen (secondary N) is 1. The highest BCUT2D eigenvalue weighted by Crippen LogP contribution is 2.14. The zero-order valence-electron chi connectivity index (χ0n) is 11.6. The van der Waals surface area contributed by atoms with E-state index in [-0.39, 0.29) is 5.75 Å². The molecule has 1 aromatic carbocycles. The predicted octanol–water partition coefficient (Wildman–Crippen LogP) is 1.37. The number of benzene rings is 1. The average molecular weight is 282 g/mol. The third kappa shape index (κ3) is 4.30. The number of nitrogens with zero attached hydrogens (tertiary/aromatic N) is 1. The third-order valence-electron chi connectivity index (χ3n) is 3.69. The van der Waals surface area contributed by atoms with E-state index in [1.807, 2.05) is 31.2 Å². The summed E-state index contributed by atoms with van der Waals surface area (Å²) in [6, 6.07) is 7.62. The molecule has 2 rings (SSSR count). The van der Waals surface area contributed by atoms with Gasteiger partial charge in [0.15, 0.2) is 0 Å². The maximum absolute atomic E-state index is 12.1. The fourth-order valence-electron chi connectivity index (χ4n) is 2.47. The van der Waals surface area contributed by atoms with Crippen LogP contribution in [0, 0.1) is 12.8 Å². The SMILES string of the molecule is Cc1ccccc1CS(=O)(=O)NCC1CCN(C)C1. The largest absolute Gasteiger partial charge is 0.306 e. The minimum Gasteiger partial charge on any atom is -0.306 e. The second kappa shape index (κ2) is 6.03. The summed E-state index contributed by atoms with van der Waals surface area (Å²) in [4.78, 5) is 2.24. The molecule has 0 radical (unpaired) electrons. The van der Waals surface area contributed by atoms with E-state index in [4.69, 9.17) is 0 Å². The molecule has 1 fully saturated rings. The number of hydrogen-bond donors (Lipinski definition) is 1. The van der Waals surface area contributed by atoms with Gasteiger partial charge in [-0.2, -0.15) is 0 Å². The van der Waals surface area contributed by atoms with Crippen molar-refractivity contribution in [3.8, 4) is 0 Å². The first-order chi connectivity index (χ1) is 8.96. The Morgan fingerprint density at radius 2 is 2.11 bits per heavy atom. The first-order valence-electron chi connectivity index (χ1n) is 6.67. The topological polar surface area (TPSA) is 49.4 Å².